The van der Waals surface area contributed by atoms with Crippen LogP contribution in [0.15, 0.2) is 0 Å². The summed E-state index contributed by atoms with van der Waals surface area (Å²) in [6, 6.07) is 0. The van der Waals surface area contributed by atoms with Gasteiger partial charge in [0.05, 0.1) is 6.54 Å². The summed E-state index contributed by atoms with van der Waals surface area (Å²) in [4.78, 5) is 0. The van der Waals surface area contributed by atoms with E-state index >= 15 is 0 Å². The Morgan fingerprint density at radius 1 is 1.40 bits per heavy atom. The second-order valence-corrected chi connectivity index (χ2v) is 2.29. The Morgan fingerprint density at radius 2 is 1.90 bits per heavy atom. The fraction of sp³-hybridized carbons (Fsp3) is 1.00. The molecule has 1 heterocycles. The summed E-state index contributed by atoms with van der Waals surface area (Å²) < 4.78 is 24.6. The summed E-state index contributed by atoms with van der Waals surface area (Å²) in [5.41, 5.74) is 0. The molecule has 0 radical (unpaired) electrons. The maximum atomic E-state index is 12.3. The lowest BCUT2D eigenvalue weighted by molar-refractivity contribution is -0.0148. The summed E-state index contributed by atoms with van der Waals surface area (Å²) in [5.74, 6) is -2.94. The molecule has 3 heteroatoms. The highest BCUT2D eigenvalue weighted by Crippen LogP contribution is 2.26. The van der Waals surface area contributed by atoms with Crippen LogP contribution in [0, 0.1) is 5.92 Å². The molecule has 0 aromatic carbocycles. The van der Waals surface area contributed by atoms with E-state index < -0.39 is 11.8 Å². The highest BCUT2D eigenvalue weighted by atomic mass is 19.3. The van der Waals surface area contributed by atoms with Gasteiger partial charge in [-0.25, -0.2) is 8.78 Å². The second kappa shape index (κ2) is 3.86. The van der Waals surface area contributed by atoms with Crippen molar-refractivity contribution in [1.29, 1.82) is 0 Å². The van der Waals surface area contributed by atoms with Crippen molar-refractivity contribution in [3.8, 4) is 0 Å². The van der Waals surface area contributed by atoms with Crippen LogP contribution in [0.3, 0.4) is 0 Å². The van der Waals surface area contributed by atoms with Gasteiger partial charge in [-0.1, -0.05) is 20.8 Å². The Hall–Kier alpha value is -0.180. The predicted molar refractivity (Wildman–Crippen MR) is 38.3 cm³/mol. The highest BCUT2D eigenvalue weighted by Gasteiger charge is 2.40. The Labute approximate surface area is 60.8 Å². The van der Waals surface area contributed by atoms with E-state index in [1.54, 1.807) is 6.92 Å². The molecule has 0 aromatic rings. The van der Waals surface area contributed by atoms with Gasteiger partial charge in [-0.2, -0.15) is 0 Å². The molecule has 0 bridgehead atoms. The minimum absolute atomic E-state index is 0.145. The largest absolute Gasteiger partial charge is 0.311 e. The first-order valence-electron chi connectivity index (χ1n) is 3.71. The first kappa shape index (κ1) is 9.82. The van der Waals surface area contributed by atoms with Gasteiger partial charge in [0.25, 0.3) is 5.92 Å². The second-order valence-electron chi connectivity index (χ2n) is 2.29. The fourth-order valence-corrected chi connectivity index (χ4v) is 0.779. The molecule has 1 saturated heterocycles. The van der Waals surface area contributed by atoms with E-state index in [9.17, 15) is 8.78 Å². The highest BCUT2D eigenvalue weighted by molar-refractivity contribution is 4.84. The van der Waals surface area contributed by atoms with Crippen molar-refractivity contribution in [3.63, 3.8) is 0 Å². The first-order chi connectivity index (χ1) is 4.63. The van der Waals surface area contributed by atoms with Crippen LogP contribution in [0.25, 0.3) is 0 Å². The lowest BCUT2D eigenvalue weighted by Crippen LogP contribution is -2.24. The van der Waals surface area contributed by atoms with Crippen LogP contribution in [-0.4, -0.2) is 19.0 Å². The van der Waals surface area contributed by atoms with Crippen molar-refractivity contribution in [2.75, 3.05) is 13.1 Å². The standard InChI is InChI=1S/C5H9F2N.C2H6/c1-4-2-8-3-5(4,6)7;1-2/h4,8H,2-3H2,1H3;1-2H3/t4-;/m0./s1. The van der Waals surface area contributed by atoms with Gasteiger partial charge in [0.15, 0.2) is 0 Å². The zero-order valence-corrected chi connectivity index (χ0v) is 6.75. The molecular formula is C7H15F2N. The van der Waals surface area contributed by atoms with Gasteiger partial charge in [-0.15, -0.1) is 0 Å². The van der Waals surface area contributed by atoms with E-state index in [2.05, 4.69) is 5.32 Å². The van der Waals surface area contributed by atoms with Gasteiger partial charge in [0.2, 0.25) is 0 Å². The third-order valence-corrected chi connectivity index (χ3v) is 1.53. The molecule has 0 aliphatic carbocycles. The number of hydrogen-bond acceptors (Lipinski definition) is 1. The quantitative estimate of drug-likeness (QED) is 0.557. The van der Waals surface area contributed by atoms with Crippen molar-refractivity contribution in [1.82, 2.24) is 5.32 Å². The third kappa shape index (κ3) is 2.21. The van der Waals surface area contributed by atoms with Crippen molar-refractivity contribution in [2.24, 2.45) is 5.92 Å². The SMILES string of the molecule is CC.C[C@H]1CNCC1(F)F. The van der Waals surface area contributed by atoms with Crippen molar-refractivity contribution >= 4 is 0 Å². The molecule has 1 aliphatic rings. The van der Waals surface area contributed by atoms with Crippen molar-refractivity contribution in [3.05, 3.63) is 0 Å². The van der Waals surface area contributed by atoms with Gasteiger partial charge >= 0.3 is 0 Å². The summed E-state index contributed by atoms with van der Waals surface area (Å²) in [6.07, 6.45) is 0. The number of halogens is 2. The van der Waals surface area contributed by atoms with Crippen LogP contribution in [0.4, 0.5) is 8.78 Å². The molecule has 0 saturated carbocycles. The number of alkyl halides is 2. The first-order valence-corrected chi connectivity index (χ1v) is 3.71. The smallest absolute Gasteiger partial charge is 0.264 e. The number of nitrogens with one attached hydrogen (secondary N) is 1. The monoisotopic (exact) mass is 151 g/mol. The average molecular weight is 151 g/mol. The molecule has 1 N–H and O–H groups in total. The Morgan fingerprint density at radius 3 is 2.00 bits per heavy atom. The molecule has 0 unspecified atom stereocenters. The summed E-state index contributed by atoms with van der Waals surface area (Å²) in [7, 11) is 0. The molecule has 10 heavy (non-hydrogen) atoms. The molecule has 62 valence electrons. The minimum Gasteiger partial charge on any atom is -0.311 e. The molecule has 1 aliphatic heterocycles. The van der Waals surface area contributed by atoms with E-state index in [0.29, 0.717) is 6.54 Å². The van der Waals surface area contributed by atoms with E-state index in [1.165, 1.54) is 0 Å². The van der Waals surface area contributed by atoms with Crippen molar-refractivity contribution < 1.29 is 8.78 Å². The Bertz CT molecular complexity index is 93.6. The van der Waals surface area contributed by atoms with E-state index in [4.69, 9.17) is 0 Å². The molecule has 1 rings (SSSR count). The normalized spacial score (nSPS) is 29.1. The van der Waals surface area contributed by atoms with E-state index in [0.717, 1.165) is 0 Å². The van der Waals surface area contributed by atoms with Crippen LogP contribution >= 0.6 is 0 Å². The summed E-state index contributed by atoms with van der Waals surface area (Å²) >= 11 is 0. The Balaban J connectivity index is 0.000000371. The Kier molecular flexibility index (Phi) is 3.79. The van der Waals surface area contributed by atoms with Gasteiger partial charge in [0, 0.05) is 12.5 Å². The maximum absolute atomic E-state index is 12.3. The number of rotatable bonds is 0. The fourth-order valence-electron chi connectivity index (χ4n) is 0.779. The van der Waals surface area contributed by atoms with Crippen molar-refractivity contribution in [2.45, 2.75) is 26.7 Å². The van der Waals surface area contributed by atoms with E-state index in [-0.39, 0.29) is 6.54 Å². The molecule has 1 atom stereocenters. The van der Waals surface area contributed by atoms with Gasteiger partial charge in [-0.05, 0) is 0 Å². The molecule has 0 spiro atoms. The van der Waals surface area contributed by atoms with Crippen LogP contribution in [0.2, 0.25) is 0 Å². The number of hydrogen-bond donors (Lipinski definition) is 1. The molecule has 1 nitrogen and oxygen atoms in total. The van der Waals surface area contributed by atoms with Gasteiger partial charge < -0.3 is 5.32 Å². The van der Waals surface area contributed by atoms with Gasteiger partial charge in [-0.3, -0.25) is 0 Å². The average Bonchev–Trinajstić information content (AvgIpc) is 2.17. The van der Waals surface area contributed by atoms with Gasteiger partial charge in [0.1, 0.15) is 0 Å². The van der Waals surface area contributed by atoms with E-state index in [1.807, 2.05) is 13.8 Å². The van der Waals surface area contributed by atoms with Crippen LogP contribution < -0.4 is 5.32 Å². The zero-order chi connectivity index (χ0) is 8.20. The predicted octanol–water partition coefficient (Wildman–Crippen LogP) is 1.89. The van der Waals surface area contributed by atoms with Crippen LogP contribution in [-0.2, 0) is 0 Å². The lowest BCUT2D eigenvalue weighted by atomic mass is 10.1. The zero-order valence-electron chi connectivity index (χ0n) is 6.75. The van der Waals surface area contributed by atoms with Crippen LogP contribution in [0.1, 0.15) is 20.8 Å². The molecule has 1 fully saturated rings. The molecule has 0 amide bonds. The minimum atomic E-state index is -2.46. The van der Waals surface area contributed by atoms with Crippen LogP contribution in [0.5, 0.6) is 0 Å². The molecular weight excluding hydrogens is 136 g/mol. The third-order valence-electron chi connectivity index (χ3n) is 1.53. The topological polar surface area (TPSA) is 12.0 Å². The lowest BCUT2D eigenvalue weighted by Gasteiger charge is -2.10. The maximum Gasteiger partial charge on any atom is 0.264 e. The molecule has 0 aromatic heterocycles. The summed E-state index contributed by atoms with van der Waals surface area (Å²) in [6.45, 7) is 5.86. The summed E-state index contributed by atoms with van der Waals surface area (Å²) in [5, 5.41) is 2.61.